The van der Waals surface area contributed by atoms with E-state index < -0.39 is 0 Å². The van der Waals surface area contributed by atoms with Crippen molar-refractivity contribution in [2.24, 2.45) is 5.92 Å². The molecular formula is C17H26N4O2. The van der Waals surface area contributed by atoms with Crippen molar-refractivity contribution in [2.45, 2.75) is 58.2 Å². The topological polar surface area (TPSA) is 58.4 Å². The van der Waals surface area contributed by atoms with E-state index >= 15 is 0 Å². The molecule has 0 N–H and O–H groups in total. The van der Waals surface area contributed by atoms with Gasteiger partial charge in [0.1, 0.15) is 0 Å². The van der Waals surface area contributed by atoms with Crippen LogP contribution in [0.4, 0.5) is 0 Å². The molecule has 0 unspecified atom stereocenters. The fraction of sp³-hybridized carbons (Fsp3) is 0.706. The first-order chi connectivity index (χ1) is 11.1. The summed E-state index contributed by atoms with van der Waals surface area (Å²) in [7, 11) is 0. The lowest BCUT2D eigenvalue weighted by Crippen LogP contribution is -2.48. The fourth-order valence-electron chi connectivity index (χ4n) is 3.74. The molecular weight excluding hydrogens is 292 g/mol. The molecule has 0 radical (unpaired) electrons. The SMILES string of the molecule is CC(C)N1C[C@H](C(=O)N2CCCC[C@H]2Cn2cccn2)CC1=O. The fourth-order valence-corrected chi connectivity index (χ4v) is 3.74. The summed E-state index contributed by atoms with van der Waals surface area (Å²) >= 11 is 0. The van der Waals surface area contributed by atoms with Crippen molar-refractivity contribution < 1.29 is 9.59 Å². The van der Waals surface area contributed by atoms with Gasteiger partial charge in [-0.3, -0.25) is 14.3 Å². The Morgan fingerprint density at radius 3 is 2.87 bits per heavy atom. The summed E-state index contributed by atoms with van der Waals surface area (Å²) in [6.45, 7) is 6.13. The average Bonchev–Trinajstić information content (AvgIpc) is 3.16. The number of carbonyl (C=O) groups is 2. The van der Waals surface area contributed by atoms with Crippen molar-refractivity contribution in [3.63, 3.8) is 0 Å². The molecule has 6 nitrogen and oxygen atoms in total. The summed E-state index contributed by atoms with van der Waals surface area (Å²) in [6.07, 6.45) is 7.29. The minimum Gasteiger partial charge on any atom is -0.339 e. The molecule has 6 heteroatoms. The Bertz CT molecular complexity index is 555. The first-order valence-electron chi connectivity index (χ1n) is 8.63. The highest BCUT2D eigenvalue weighted by Crippen LogP contribution is 2.26. The molecule has 2 fully saturated rings. The van der Waals surface area contributed by atoms with Gasteiger partial charge >= 0.3 is 0 Å². The highest BCUT2D eigenvalue weighted by molar-refractivity contribution is 5.89. The quantitative estimate of drug-likeness (QED) is 0.846. The first kappa shape index (κ1) is 16.0. The molecule has 2 aliphatic heterocycles. The Morgan fingerprint density at radius 1 is 1.39 bits per heavy atom. The summed E-state index contributed by atoms with van der Waals surface area (Å²) in [6, 6.07) is 2.27. The maximum Gasteiger partial charge on any atom is 0.228 e. The number of likely N-dealkylation sites (tertiary alicyclic amines) is 2. The summed E-state index contributed by atoms with van der Waals surface area (Å²) in [5.41, 5.74) is 0. The van der Waals surface area contributed by atoms with Gasteiger partial charge in [0.2, 0.25) is 11.8 Å². The maximum atomic E-state index is 13.0. The monoisotopic (exact) mass is 318 g/mol. The Balaban J connectivity index is 1.68. The standard InChI is InChI=1S/C17H26N4O2/c1-13(2)21-11-14(10-16(21)22)17(23)20-9-4-3-6-15(20)12-19-8-5-7-18-19/h5,7-8,13-15H,3-4,6,9-12H2,1-2H3/t14-,15+/m1/s1. The van der Waals surface area contributed by atoms with Gasteiger partial charge in [-0.2, -0.15) is 5.10 Å². The number of aromatic nitrogens is 2. The zero-order valence-corrected chi connectivity index (χ0v) is 14.0. The first-order valence-corrected chi connectivity index (χ1v) is 8.63. The van der Waals surface area contributed by atoms with Crippen molar-refractivity contribution in [3.05, 3.63) is 18.5 Å². The largest absolute Gasteiger partial charge is 0.339 e. The van der Waals surface area contributed by atoms with E-state index in [-0.39, 0.29) is 29.8 Å². The lowest BCUT2D eigenvalue weighted by Gasteiger charge is -2.37. The number of hydrogen-bond acceptors (Lipinski definition) is 3. The van der Waals surface area contributed by atoms with Gasteiger partial charge in [-0.25, -0.2) is 0 Å². The number of nitrogens with zero attached hydrogens (tertiary/aromatic N) is 4. The van der Waals surface area contributed by atoms with Crippen LogP contribution in [0.1, 0.15) is 39.5 Å². The van der Waals surface area contributed by atoms with Crippen LogP contribution in [0.2, 0.25) is 0 Å². The molecule has 0 aliphatic carbocycles. The maximum absolute atomic E-state index is 13.0. The molecule has 1 aromatic rings. The number of amides is 2. The molecule has 3 heterocycles. The third kappa shape index (κ3) is 3.41. The van der Waals surface area contributed by atoms with Crippen LogP contribution in [-0.2, 0) is 16.1 Å². The number of piperidine rings is 1. The third-order valence-corrected chi connectivity index (χ3v) is 5.00. The van der Waals surface area contributed by atoms with Crippen molar-refractivity contribution in [1.29, 1.82) is 0 Å². The number of carbonyl (C=O) groups excluding carboxylic acids is 2. The van der Waals surface area contributed by atoms with Crippen LogP contribution in [0.15, 0.2) is 18.5 Å². The third-order valence-electron chi connectivity index (χ3n) is 5.00. The van der Waals surface area contributed by atoms with Gasteiger partial charge in [-0.15, -0.1) is 0 Å². The van der Waals surface area contributed by atoms with E-state index in [9.17, 15) is 9.59 Å². The van der Waals surface area contributed by atoms with Gasteiger partial charge in [-0.05, 0) is 39.2 Å². The van der Waals surface area contributed by atoms with Gasteiger partial charge in [-0.1, -0.05) is 0 Å². The van der Waals surface area contributed by atoms with E-state index in [1.165, 1.54) is 0 Å². The zero-order valence-electron chi connectivity index (χ0n) is 14.0. The van der Waals surface area contributed by atoms with Crippen molar-refractivity contribution in [3.8, 4) is 0 Å². The molecule has 2 saturated heterocycles. The second-order valence-electron chi connectivity index (χ2n) is 6.95. The predicted molar refractivity (Wildman–Crippen MR) is 86.5 cm³/mol. The summed E-state index contributed by atoms with van der Waals surface area (Å²) in [5.74, 6) is 0.0838. The van der Waals surface area contributed by atoms with Gasteiger partial charge in [0.25, 0.3) is 0 Å². The van der Waals surface area contributed by atoms with Gasteiger partial charge in [0.15, 0.2) is 0 Å². The second-order valence-corrected chi connectivity index (χ2v) is 6.95. The van der Waals surface area contributed by atoms with Gasteiger partial charge in [0, 0.05) is 37.9 Å². The summed E-state index contributed by atoms with van der Waals surface area (Å²) in [5, 5.41) is 4.27. The molecule has 2 atom stereocenters. The Labute approximate surface area is 137 Å². The Hall–Kier alpha value is -1.85. The smallest absolute Gasteiger partial charge is 0.228 e. The molecule has 0 aromatic carbocycles. The molecule has 23 heavy (non-hydrogen) atoms. The van der Waals surface area contributed by atoms with Gasteiger partial charge in [0.05, 0.1) is 18.5 Å². The highest BCUT2D eigenvalue weighted by Gasteiger charge is 2.39. The van der Waals surface area contributed by atoms with Crippen LogP contribution in [0.3, 0.4) is 0 Å². The molecule has 126 valence electrons. The van der Waals surface area contributed by atoms with Crippen LogP contribution in [0, 0.1) is 5.92 Å². The lowest BCUT2D eigenvalue weighted by atomic mass is 9.98. The number of rotatable bonds is 4. The Kier molecular flexibility index (Phi) is 4.68. The predicted octanol–water partition coefficient (Wildman–Crippen LogP) is 1.52. The number of hydrogen-bond donors (Lipinski definition) is 0. The second kappa shape index (κ2) is 6.72. The van der Waals surface area contributed by atoms with Crippen LogP contribution < -0.4 is 0 Å². The van der Waals surface area contributed by atoms with Crippen LogP contribution >= 0.6 is 0 Å². The van der Waals surface area contributed by atoms with Crippen LogP contribution in [0.5, 0.6) is 0 Å². The molecule has 0 bridgehead atoms. The molecule has 0 saturated carbocycles. The summed E-state index contributed by atoms with van der Waals surface area (Å²) < 4.78 is 1.90. The molecule has 1 aromatic heterocycles. The molecule has 3 rings (SSSR count). The average molecular weight is 318 g/mol. The minimum atomic E-state index is -0.178. The van der Waals surface area contributed by atoms with Crippen molar-refractivity contribution >= 4 is 11.8 Å². The lowest BCUT2D eigenvalue weighted by molar-refractivity contribution is -0.139. The van der Waals surface area contributed by atoms with Crippen molar-refractivity contribution in [1.82, 2.24) is 19.6 Å². The minimum absolute atomic E-state index is 0.110. The van der Waals surface area contributed by atoms with E-state index in [1.807, 2.05) is 40.6 Å². The van der Waals surface area contributed by atoms with Crippen LogP contribution in [-0.4, -0.2) is 56.6 Å². The highest BCUT2D eigenvalue weighted by atomic mass is 16.2. The van der Waals surface area contributed by atoms with E-state index in [1.54, 1.807) is 6.20 Å². The molecule has 2 aliphatic rings. The normalized spacial score (nSPS) is 25.4. The van der Waals surface area contributed by atoms with Crippen molar-refractivity contribution in [2.75, 3.05) is 13.1 Å². The van der Waals surface area contributed by atoms with Crippen LogP contribution in [0.25, 0.3) is 0 Å². The van der Waals surface area contributed by atoms with E-state index in [0.29, 0.717) is 13.0 Å². The van der Waals surface area contributed by atoms with E-state index in [0.717, 1.165) is 32.4 Å². The summed E-state index contributed by atoms with van der Waals surface area (Å²) in [4.78, 5) is 28.9. The zero-order chi connectivity index (χ0) is 16.4. The molecule has 0 spiro atoms. The molecule has 2 amide bonds. The van der Waals surface area contributed by atoms with E-state index in [2.05, 4.69) is 5.10 Å². The van der Waals surface area contributed by atoms with E-state index in [4.69, 9.17) is 0 Å². The Morgan fingerprint density at radius 2 is 2.22 bits per heavy atom. The van der Waals surface area contributed by atoms with Gasteiger partial charge < -0.3 is 9.80 Å².